The van der Waals surface area contributed by atoms with Crippen LogP contribution in [0.3, 0.4) is 0 Å². The lowest BCUT2D eigenvalue weighted by Gasteiger charge is -2.22. The Morgan fingerprint density at radius 1 is 1.50 bits per heavy atom. The van der Waals surface area contributed by atoms with Crippen LogP contribution in [0, 0.1) is 0 Å². The Bertz CT molecular complexity index is 362. The zero-order valence-corrected chi connectivity index (χ0v) is 9.16. The van der Waals surface area contributed by atoms with Gasteiger partial charge in [-0.05, 0) is 27.7 Å². The predicted molar refractivity (Wildman–Crippen MR) is 57.7 cm³/mol. The zero-order valence-electron chi connectivity index (χ0n) is 9.16. The van der Waals surface area contributed by atoms with E-state index >= 15 is 0 Å². The third-order valence-corrected chi connectivity index (χ3v) is 1.91. The average Bonchev–Trinajstić information content (AvgIpc) is 2.07. The lowest BCUT2D eigenvalue weighted by atomic mass is 10.1. The summed E-state index contributed by atoms with van der Waals surface area (Å²) >= 11 is 0. The van der Waals surface area contributed by atoms with Gasteiger partial charge in [-0.15, -0.1) is 0 Å². The van der Waals surface area contributed by atoms with Gasteiger partial charge in [0.25, 0.3) is 5.56 Å². The number of hydrogen-bond donors (Lipinski definition) is 1. The molecule has 0 aliphatic rings. The van der Waals surface area contributed by atoms with E-state index in [-0.39, 0.29) is 11.1 Å². The van der Waals surface area contributed by atoms with Crippen molar-refractivity contribution in [3.05, 3.63) is 22.7 Å². The van der Waals surface area contributed by atoms with Crippen LogP contribution < -0.4 is 10.9 Å². The van der Waals surface area contributed by atoms with Crippen molar-refractivity contribution in [2.45, 2.75) is 33.2 Å². The van der Waals surface area contributed by atoms with Crippen LogP contribution in [0.1, 0.15) is 27.7 Å². The number of rotatable bonds is 2. The van der Waals surface area contributed by atoms with Gasteiger partial charge < -0.3 is 9.88 Å². The summed E-state index contributed by atoms with van der Waals surface area (Å²) in [4.78, 5) is 15.8. The lowest BCUT2D eigenvalue weighted by molar-refractivity contribution is 0.383. The topological polar surface area (TPSA) is 46.9 Å². The maximum atomic E-state index is 11.8. The minimum absolute atomic E-state index is 0.0677. The van der Waals surface area contributed by atoms with Gasteiger partial charge in [-0.3, -0.25) is 4.79 Å². The molecule has 1 N–H and O–H groups in total. The van der Waals surface area contributed by atoms with Gasteiger partial charge in [0.15, 0.2) is 5.82 Å². The summed E-state index contributed by atoms with van der Waals surface area (Å²) in [7, 11) is 0. The second-order valence-electron chi connectivity index (χ2n) is 4.15. The molecular formula is C10H17N3O. The van der Waals surface area contributed by atoms with Crippen molar-refractivity contribution in [1.29, 1.82) is 0 Å². The van der Waals surface area contributed by atoms with Crippen molar-refractivity contribution in [2.24, 2.45) is 0 Å². The molecule has 0 atom stereocenters. The zero-order chi connectivity index (χ0) is 10.8. The van der Waals surface area contributed by atoms with Gasteiger partial charge in [0.1, 0.15) is 0 Å². The third kappa shape index (κ3) is 2.13. The van der Waals surface area contributed by atoms with E-state index in [1.54, 1.807) is 17.0 Å². The van der Waals surface area contributed by atoms with Crippen LogP contribution in [0.2, 0.25) is 0 Å². The molecular weight excluding hydrogens is 178 g/mol. The van der Waals surface area contributed by atoms with Gasteiger partial charge in [-0.1, -0.05) is 0 Å². The van der Waals surface area contributed by atoms with Crippen LogP contribution in [0.15, 0.2) is 17.2 Å². The van der Waals surface area contributed by atoms with E-state index in [0.29, 0.717) is 12.4 Å². The van der Waals surface area contributed by atoms with Crippen molar-refractivity contribution in [1.82, 2.24) is 9.55 Å². The summed E-state index contributed by atoms with van der Waals surface area (Å²) in [6, 6.07) is 0. The highest BCUT2D eigenvalue weighted by Crippen LogP contribution is 2.10. The van der Waals surface area contributed by atoms with Crippen molar-refractivity contribution >= 4 is 5.82 Å². The quantitative estimate of drug-likeness (QED) is 0.776. The Balaban J connectivity index is 3.22. The summed E-state index contributed by atoms with van der Waals surface area (Å²) in [6.45, 7) is 8.62. The summed E-state index contributed by atoms with van der Waals surface area (Å²) in [5.41, 5.74) is -0.272. The fraction of sp³-hybridized carbons (Fsp3) is 0.600. The number of nitrogens with zero attached hydrogens (tertiary/aromatic N) is 2. The minimum atomic E-state index is -0.204. The molecule has 4 nitrogen and oxygen atoms in total. The molecule has 0 fully saturated rings. The van der Waals surface area contributed by atoms with Gasteiger partial charge in [0.2, 0.25) is 0 Å². The molecule has 78 valence electrons. The Labute approximate surface area is 84.0 Å². The van der Waals surface area contributed by atoms with Crippen LogP contribution in [-0.2, 0) is 5.54 Å². The summed E-state index contributed by atoms with van der Waals surface area (Å²) < 4.78 is 1.68. The summed E-state index contributed by atoms with van der Waals surface area (Å²) in [5, 5.41) is 2.94. The highest BCUT2D eigenvalue weighted by molar-refractivity contribution is 5.30. The Morgan fingerprint density at radius 3 is 2.64 bits per heavy atom. The van der Waals surface area contributed by atoms with E-state index in [0.717, 1.165) is 0 Å². The first-order valence-electron chi connectivity index (χ1n) is 4.79. The molecule has 0 aromatic carbocycles. The molecule has 0 unspecified atom stereocenters. The van der Waals surface area contributed by atoms with Crippen molar-refractivity contribution in [2.75, 3.05) is 11.9 Å². The van der Waals surface area contributed by atoms with E-state index in [4.69, 9.17) is 0 Å². The van der Waals surface area contributed by atoms with E-state index in [1.165, 1.54) is 0 Å². The van der Waals surface area contributed by atoms with Crippen molar-refractivity contribution in [3.8, 4) is 0 Å². The molecule has 1 aromatic heterocycles. The molecule has 0 aliphatic carbocycles. The van der Waals surface area contributed by atoms with Crippen LogP contribution in [-0.4, -0.2) is 16.1 Å². The normalized spacial score (nSPS) is 11.4. The third-order valence-electron chi connectivity index (χ3n) is 1.91. The number of anilines is 1. The molecule has 0 amide bonds. The van der Waals surface area contributed by atoms with Crippen molar-refractivity contribution in [3.63, 3.8) is 0 Å². The average molecular weight is 195 g/mol. The first kappa shape index (κ1) is 10.8. The molecule has 0 bridgehead atoms. The van der Waals surface area contributed by atoms with Gasteiger partial charge in [-0.2, -0.15) is 0 Å². The van der Waals surface area contributed by atoms with Crippen LogP contribution in [0.25, 0.3) is 0 Å². The molecule has 0 aliphatic heterocycles. The summed E-state index contributed by atoms with van der Waals surface area (Å²) in [6.07, 6.45) is 3.35. The number of aromatic nitrogens is 2. The standard InChI is InChI=1S/C10H17N3O/c1-5-11-8-9(14)13(7-6-12-8)10(2,3)4/h6-7H,5H2,1-4H3,(H,11,12). The molecule has 4 heteroatoms. The lowest BCUT2D eigenvalue weighted by Crippen LogP contribution is -2.35. The minimum Gasteiger partial charge on any atom is -0.366 e. The highest BCUT2D eigenvalue weighted by Gasteiger charge is 2.15. The van der Waals surface area contributed by atoms with Gasteiger partial charge in [0.05, 0.1) is 0 Å². The van der Waals surface area contributed by atoms with Crippen LogP contribution >= 0.6 is 0 Å². The van der Waals surface area contributed by atoms with E-state index < -0.39 is 0 Å². The first-order valence-corrected chi connectivity index (χ1v) is 4.79. The van der Waals surface area contributed by atoms with Crippen LogP contribution in [0.4, 0.5) is 5.82 Å². The van der Waals surface area contributed by atoms with Gasteiger partial charge >= 0.3 is 0 Å². The SMILES string of the molecule is CCNc1nccn(C(C)(C)C)c1=O. The number of hydrogen-bond acceptors (Lipinski definition) is 3. The highest BCUT2D eigenvalue weighted by atomic mass is 16.1. The van der Waals surface area contributed by atoms with E-state index in [1.807, 2.05) is 27.7 Å². The largest absolute Gasteiger partial charge is 0.366 e. The first-order chi connectivity index (χ1) is 6.46. The van der Waals surface area contributed by atoms with Crippen molar-refractivity contribution < 1.29 is 0 Å². The van der Waals surface area contributed by atoms with E-state index in [2.05, 4.69) is 10.3 Å². The van der Waals surface area contributed by atoms with Crippen LogP contribution in [0.5, 0.6) is 0 Å². The fourth-order valence-electron chi connectivity index (χ4n) is 1.23. The molecule has 0 radical (unpaired) electrons. The number of nitrogens with one attached hydrogen (secondary N) is 1. The smallest absolute Gasteiger partial charge is 0.293 e. The van der Waals surface area contributed by atoms with Gasteiger partial charge in [0, 0.05) is 24.5 Å². The maximum Gasteiger partial charge on any atom is 0.293 e. The molecule has 1 heterocycles. The van der Waals surface area contributed by atoms with E-state index in [9.17, 15) is 4.79 Å². The summed E-state index contributed by atoms with van der Waals surface area (Å²) in [5.74, 6) is 0.421. The maximum absolute atomic E-state index is 11.8. The molecule has 14 heavy (non-hydrogen) atoms. The monoisotopic (exact) mass is 195 g/mol. The molecule has 1 aromatic rings. The molecule has 0 saturated carbocycles. The fourth-order valence-corrected chi connectivity index (χ4v) is 1.23. The Hall–Kier alpha value is -1.32. The van der Waals surface area contributed by atoms with Gasteiger partial charge in [-0.25, -0.2) is 4.98 Å². The molecule has 1 rings (SSSR count). The molecule has 0 saturated heterocycles. The Kier molecular flexibility index (Phi) is 2.93. The Morgan fingerprint density at radius 2 is 2.14 bits per heavy atom. The second kappa shape index (κ2) is 3.82. The molecule has 0 spiro atoms. The predicted octanol–water partition coefficient (Wildman–Crippen LogP) is 1.43. The second-order valence-corrected chi connectivity index (χ2v) is 4.15.